The van der Waals surface area contributed by atoms with E-state index >= 15 is 0 Å². The first-order chi connectivity index (χ1) is 12.5. The molecule has 2 rings (SSSR count). The lowest BCUT2D eigenvalue weighted by Gasteiger charge is -2.34. The summed E-state index contributed by atoms with van der Waals surface area (Å²) in [4.78, 5) is 6.80. The summed E-state index contributed by atoms with van der Waals surface area (Å²) in [5.74, 6) is 1.90. The molecule has 0 amide bonds. The van der Waals surface area contributed by atoms with Gasteiger partial charge in [0.2, 0.25) is 10.0 Å². The molecular formula is C18H31IN4O2S2. The number of halogens is 1. The Labute approximate surface area is 185 Å². The summed E-state index contributed by atoms with van der Waals surface area (Å²) in [6.07, 6.45) is 1.14. The van der Waals surface area contributed by atoms with Crippen LogP contribution in [-0.2, 0) is 16.6 Å². The predicted octanol–water partition coefficient (Wildman–Crippen LogP) is 2.52. The van der Waals surface area contributed by atoms with E-state index in [4.69, 9.17) is 0 Å². The second-order valence-electron chi connectivity index (χ2n) is 6.21. The van der Waals surface area contributed by atoms with Gasteiger partial charge in [0.15, 0.2) is 5.96 Å². The highest BCUT2D eigenvalue weighted by molar-refractivity contribution is 14.0. The SMILES string of the molecule is CCNC(=NCCS(=O)(=O)NCc1ccccc1)N1CCSC(CC)C1.I. The highest BCUT2D eigenvalue weighted by atomic mass is 127. The van der Waals surface area contributed by atoms with Crippen LogP contribution in [0.1, 0.15) is 25.8 Å². The number of nitrogens with zero attached hydrogens (tertiary/aromatic N) is 2. The van der Waals surface area contributed by atoms with E-state index in [9.17, 15) is 8.42 Å². The maximum absolute atomic E-state index is 12.2. The second kappa shape index (κ2) is 12.8. The van der Waals surface area contributed by atoms with Gasteiger partial charge in [0.25, 0.3) is 0 Å². The quantitative estimate of drug-likeness (QED) is 0.310. The monoisotopic (exact) mass is 526 g/mol. The first kappa shape index (κ1) is 24.5. The summed E-state index contributed by atoms with van der Waals surface area (Å²) < 4.78 is 27.0. The Morgan fingerprint density at radius 2 is 2.04 bits per heavy atom. The van der Waals surface area contributed by atoms with Gasteiger partial charge in [0.05, 0.1) is 12.3 Å². The van der Waals surface area contributed by atoms with Gasteiger partial charge in [-0.15, -0.1) is 24.0 Å². The number of hydrogen-bond acceptors (Lipinski definition) is 4. The van der Waals surface area contributed by atoms with Crippen LogP contribution in [0.2, 0.25) is 0 Å². The molecule has 1 fully saturated rings. The number of thioether (sulfide) groups is 1. The minimum Gasteiger partial charge on any atom is -0.357 e. The molecule has 1 saturated heterocycles. The number of rotatable bonds is 8. The maximum atomic E-state index is 12.2. The first-order valence-electron chi connectivity index (χ1n) is 9.20. The molecule has 1 heterocycles. The van der Waals surface area contributed by atoms with Gasteiger partial charge in [-0.1, -0.05) is 37.3 Å². The van der Waals surface area contributed by atoms with Crippen molar-refractivity contribution in [2.75, 3.05) is 37.7 Å². The van der Waals surface area contributed by atoms with Crippen molar-refractivity contribution in [1.82, 2.24) is 14.9 Å². The van der Waals surface area contributed by atoms with E-state index in [1.165, 1.54) is 0 Å². The van der Waals surface area contributed by atoms with Crippen LogP contribution in [0.5, 0.6) is 0 Å². The second-order valence-corrected chi connectivity index (χ2v) is 9.54. The third kappa shape index (κ3) is 9.01. The minimum absolute atomic E-state index is 0. The lowest BCUT2D eigenvalue weighted by Crippen LogP contribution is -2.48. The van der Waals surface area contributed by atoms with Crippen LogP contribution in [-0.4, -0.2) is 62.2 Å². The highest BCUT2D eigenvalue weighted by Gasteiger charge is 2.21. The van der Waals surface area contributed by atoms with Crippen LogP contribution in [0.4, 0.5) is 0 Å². The Kier molecular flexibility index (Phi) is 11.7. The van der Waals surface area contributed by atoms with Gasteiger partial charge in [0.1, 0.15) is 0 Å². The summed E-state index contributed by atoms with van der Waals surface area (Å²) in [5, 5.41) is 3.91. The highest BCUT2D eigenvalue weighted by Crippen LogP contribution is 2.21. The van der Waals surface area contributed by atoms with Crippen molar-refractivity contribution in [3.63, 3.8) is 0 Å². The predicted molar refractivity (Wildman–Crippen MR) is 127 cm³/mol. The van der Waals surface area contributed by atoms with E-state index in [2.05, 4.69) is 26.9 Å². The Balaban J connectivity index is 0.00000364. The van der Waals surface area contributed by atoms with Crippen LogP contribution in [0, 0.1) is 0 Å². The molecule has 0 bridgehead atoms. The Morgan fingerprint density at radius 3 is 2.70 bits per heavy atom. The Hall–Kier alpha value is -0.520. The molecule has 1 aliphatic rings. The van der Waals surface area contributed by atoms with Gasteiger partial charge in [-0.25, -0.2) is 13.1 Å². The molecule has 1 unspecified atom stereocenters. The smallest absolute Gasteiger partial charge is 0.213 e. The lowest BCUT2D eigenvalue weighted by atomic mass is 10.2. The molecule has 1 aromatic carbocycles. The minimum atomic E-state index is -3.34. The fourth-order valence-corrected chi connectivity index (χ4v) is 4.76. The van der Waals surface area contributed by atoms with E-state index in [1.807, 2.05) is 49.0 Å². The van der Waals surface area contributed by atoms with E-state index in [0.717, 1.165) is 43.3 Å². The average Bonchev–Trinajstić information content (AvgIpc) is 2.66. The van der Waals surface area contributed by atoms with Gasteiger partial charge < -0.3 is 10.2 Å². The third-order valence-corrected chi connectivity index (χ3v) is 6.87. The number of guanidine groups is 1. The van der Waals surface area contributed by atoms with Crippen molar-refractivity contribution in [3.8, 4) is 0 Å². The number of nitrogens with one attached hydrogen (secondary N) is 2. The van der Waals surface area contributed by atoms with Gasteiger partial charge in [-0.3, -0.25) is 4.99 Å². The van der Waals surface area contributed by atoms with E-state index < -0.39 is 10.0 Å². The fraction of sp³-hybridized carbons (Fsp3) is 0.611. The van der Waals surface area contributed by atoms with Crippen LogP contribution in [0.25, 0.3) is 0 Å². The summed E-state index contributed by atoms with van der Waals surface area (Å²) >= 11 is 2.00. The summed E-state index contributed by atoms with van der Waals surface area (Å²) in [6.45, 7) is 7.50. The van der Waals surface area contributed by atoms with E-state index in [-0.39, 0.29) is 36.3 Å². The molecule has 27 heavy (non-hydrogen) atoms. The Morgan fingerprint density at radius 1 is 1.30 bits per heavy atom. The third-order valence-electron chi connectivity index (χ3n) is 4.19. The number of sulfonamides is 1. The van der Waals surface area contributed by atoms with Crippen molar-refractivity contribution in [1.29, 1.82) is 0 Å². The fourth-order valence-electron chi connectivity index (χ4n) is 2.72. The summed E-state index contributed by atoms with van der Waals surface area (Å²) in [7, 11) is -3.34. The molecule has 0 aliphatic carbocycles. The van der Waals surface area contributed by atoms with E-state index in [1.54, 1.807) is 0 Å². The van der Waals surface area contributed by atoms with Crippen LogP contribution < -0.4 is 10.0 Å². The van der Waals surface area contributed by atoms with Crippen molar-refractivity contribution in [2.24, 2.45) is 4.99 Å². The topological polar surface area (TPSA) is 73.8 Å². The van der Waals surface area contributed by atoms with Crippen LogP contribution in [0.15, 0.2) is 35.3 Å². The number of hydrogen-bond donors (Lipinski definition) is 2. The zero-order valence-corrected chi connectivity index (χ0v) is 20.0. The van der Waals surface area contributed by atoms with Crippen LogP contribution >= 0.6 is 35.7 Å². The molecule has 154 valence electrons. The van der Waals surface area contributed by atoms with Gasteiger partial charge >= 0.3 is 0 Å². The average molecular weight is 527 g/mol. The standard InChI is InChI=1S/C18H30N4O2S2.HI/c1-3-17-15-22(11-12-25-17)18(19-4-2)20-10-13-26(23,24)21-14-16-8-6-5-7-9-16;/h5-9,17,21H,3-4,10-15H2,1-2H3,(H,19,20);1H. The molecule has 1 atom stereocenters. The van der Waals surface area contributed by atoms with Crippen molar-refractivity contribution < 1.29 is 8.42 Å². The molecule has 6 nitrogen and oxygen atoms in total. The molecule has 0 spiro atoms. The van der Waals surface area contributed by atoms with E-state index in [0.29, 0.717) is 11.8 Å². The zero-order chi connectivity index (χ0) is 18.8. The normalized spacial score (nSPS) is 18.1. The summed E-state index contributed by atoms with van der Waals surface area (Å²) in [6, 6.07) is 9.52. The molecule has 1 aromatic rings. The molecular weight excluding hydrogens is 495 g/mol. The number of aliphatic imine (C=N–C) groups is 1. The van der Waals surface area contributed by atoms with Gasteiger partial charge in [-0.2, -0.15) is 11.8 Å². The van der Waals surface area contributed by atoms with Crippen LogP contribution in [0.3, 0.4) is 0 Å². The molecule has 0 radical (unpaired) electrons. The zero-order valence-electron chi connectivity index (χ0n) is 16.1. The van der Waals surface area contributed by atoms with Crippen molar-refractivity contribution in [2.45, 2.75) is 32.1 Å². The molecule has 0 saturated carbocycles. The maximum Gasteiger partial charge on any atom is 0.213 e. The lowest BCUT2D eigenvalue weighted by molar-refractivity contribution is 0.408. The Bertz CT molecular complexity index is 671. The molecule has 0 aromatic heterocycles. The summed E-state index contributed by atoms with van der Waals surface area (Å²) in [5.41, 5.74) is 0.948. The number of benzene rings is 1. The van der Waals surface area contributed by atoms with Gasteiger partial charge in [0, 0.05) is 37.2 Å². The van der Waals surface area contributed by atoms with Crippen molar-refractivity contribution in [3.05, 3.63) is 35.9 Å². The van der Waals surface area contributed by atoms with Gasteiger partial charge in [-0.05, 0) is 18.9 Å². The first-order valence-corrected chi connectivity index (χ1v) is 11.9. The molecule has 9 heteroatoms. The largest absolute Gasteiger partial charge is 0.357 e. The molecule has 1 aliphatic heterocycles. The van der Waals surface area contributed by atoms with Crippen molar-refractivity contribution >= 4 is 51.7 Å². The molecule has 2 N–H and O–H groups in total.